The lowest BCUT2D eigenvalue weighted by molar-refractivity contribution is 0.0796. The van der Waals surface area contributed by atoms with E-state index in [4.69, 9.17) is 4.98 Å². The molecule has 5 rings (SSSR count). The molecule has 4 heterocycles. The summed E-state index contributed by atoms with van der Waals surface area (Å²) in [5, 5.41) is 5.42. The molecule has 6 heteroatoms. The van der Waals surface area contributed by atoms with Gasteiger partial charge in [-0.05, 0) is 37.5 Å². The zero-order valence-electron chi connectivity index (χ0n) is 17.4. The largest absolute Gasteiger partial charge is 0.337 e. The summed E-state index contributed by atoms with van der Waals surface area (Å²) in [6.07, 6.45) is 4.82. The van der Waals surface area contributed by atoms with Crippen molar-refractivity contribution in [1.82, 2.24) is 19.7 Å². The van der Waals surface area contributed by atoms with Gasteiger partial charge in [-0.1, -0.05) is 30.3 Å². The van der Waals surface area contributed by atoms with E-state index in [1.807, 2.05) is 37.3 Å². The van der Waals surface area contributed by atoms with Crippen molar-refractivity contribution in [3.8, 4) is 11.1 Å². The summed E-state index contributed by atoms with van der Waals surface area (Å²) in [7, 11) is 1.90. The maximum Gasteiger partial charge on any atom is 0.264 e. The molecular formula is C24H24N4OS. The van der Waals surface area contributed by atoms with E-state index in [1.165, 1.54) is 16.9 Å². The molecule has 152 valence electrons. The number of aromatic nitrogens is 3. The molecule has 0 saturated carbocycles. The summed E-state index contributed by atoms with van der Waals surface area (Å²) in [5.74, 6) is 0.501. The maximum atomic E-state index is 13.7. The fourth-order valence-corrected chi connectivity index (χ4v) is 5.79. The van der Waals surface area contributed by atoms with E-state index in [1.54, 1.807) is 4.68 Å². The Morgan fingerprint density at radius 2 is 2.00 bits per heavy atom. The first-order valence-electron chi connectivity index (χ1n) is 10.2. The van der Waals surface area contributed by atoms with Crippen molar-refractivity contribution >= 4 is 27.5 Å². The summed E-state index contributed by atoms with van der Waals surface area (Å²) < 4.78 is 1.78. The van der Waals surface area contributed by atoms with Crippen LogP contribution in [0.1, 0.15) is 38.8 Å². The predicted molar refractivity (Wildman–Crippen MR) is 121 cm³/mol. The van der Waals surface area contributed by atoms with Crippen molar-refractivity contribution < 1.29 is 4.79 Å². The number of amides is 1. The summed E-state index contributed by atoms with van der Waals surface area (Å²) in [4.78, 5) is 22.1. The van der Waals surface area contributed by atoms with Crippen LogP contribution >= 0.6 is 11.3 Å². The number of likely N-dealkylation sites (tertiary alicyclic amines) is 1. The highest BCUT2D eigenvalue weighted by Gasteiger charge is 2.31. The highest BCUT2D eigenvalue weighted by Crippen LogP contribution is 2.41. The predicted octanol–water partition coefficient (Wildman–Crippen LogP) is 4.94. The number of pyridine rings is 1. The second-order valence-corrected chi connectivity index (χ2v) is 9.12. The van der Waals surface area contributed by atoms with E-state index in [0.717, 1.165) is 57.0 Å². The van der Waals surface area contributed by atoms with E-state index >= 15 is 0 Å². The van der Waals surface area contributed by atoms with Gasteiger partial charge in [-0.3, -0.25) is 9.48 Å². The minimum atomic E-state index is 0.104. The smallest absolute Gasteiger partial charge is 0.264 e. The zero-order chi connectivity index (χ0) is 20.8. The Kier molecular flexibility index (Phi) is 4.66. The quantitative estimate of drug-likeness (QED) is 0.475. The van der Waals surface area contributed by atoms with Crippen molar-refractivity contribution in [3.05, 3.63) is 70.5 Å². The first-order chi connectivity index (χ1) is 14.5. The standard InChI is InChI=1S/C24H24N4OS/c1-15-11-16(2)26-23-20(15)21(19-12-25-27(3)13-19)22(30-23)24(29)28-10-9-18(14-28)17-7-5-4-6-8-17/h4-8,11-13,18H,9-10,14H2,1-3H3. The van der Waals surface area contributed by atoms with Crippen molar-refractivity contribution in [2.45, 2.75) is 26.2 Å². The summed E-state index contributed by atoms with van der Waals surface area (Å²) >= 11 is 1.51. The van der Waals surface area contributed by atoms with Crippen LogP contribution in [0.25, 0.3) is 21.3 Å². The van der Waals surface area contributed by atoms with Gasteiger partial charge in [0.05, 0.1) is 6.20 Å². The molecular weight excluding hydrogens is 392 g/mol. The third-order valence-electron chi connectivity index (χ3n) is 5.92. The molecule has 30 heavy (non-hydrogen) atoms. The molecule has 0 spiro atoms. The van der Waals surface area contributed by atoms with Crippen LogP contribution in [0.15, 0.2) is 48.8 Å². The lowest BCUT2D eigenvalue weighted by Gasteiger charge is -2.17. The summed E-state index contributed by atoms with van der Waals surface area (Å²) in [6.45, 7) is 5.64. The van der Waals surface area contributed by atoms with Crippen molar-refractivity contribution in [1.29, 1.82) is 0 Å². The first kappa shape index (κ1) is 19.0. The van der Waals surface area contributed by atoms with Gasteiger partial charge in [0.15, 0.2) is 0 Å². The van der Waals surface area contributed by atoms with Gasteiger partial charge in [-0.2, -0.15) is 5.10 Å². The molecule has 3 aromatic heterocycles. The Labute approximate surface area is 180 Å². The summed E-state index contributed by atoms with van der Waals surface area (Å²) in [6, 6.07) is 12.6. The number of hydrogen-bond acceptors (Lipinski definition) is 4. The van der Waals surface area contributed by atoms with Gasteiger partial charge >= 0.3 is 0 Å². The van der Waals surface area contributed by atoms with Crippen LogP contribution in [-0.2, 0) is 7.05 Å². The molecule has 1 amide bonds. The van der Waals surface area contributed by atoms with Gasteiger partial charge in [-0.25, -0.2) is 4.98 Å². The minimum Gasteiger partial charge on any atom is -0.337 e. The molecule has 1 fully saturated rings. The fraction of sp³-hybridized carbons (Fsp3) is 0.292. The molecule has 1 aromatic carbocycles. The highest BCUT2D eigenvalue weighted by atomic mass is 32.1. The van der Waals surface area contributed by atoms with E-state index in [9.17, 15) is 4.79 Å². The van der Waals surface area contributed by atoms with Crippen LogP contribution in [0.5, 0.6) is 0 Å². The number of hydrogen-bond donors (Lipinski definition) is 0. The molecule has 0 N–H and O–H groups in total. The molecule has 1 aliphatic heterocycles. The van der Waals surface area contributed by atoms with Crippen molar-refractivity contribution in [2.24, 2.45) is 7.05 Å². The topological polar surface area (TPSA) is 51.0 Å². The van der Waals surface area contributed by atoms with Crippen molar-refractivity contribution in [3.63, 3.8) is 0 Å². The normalized spacial score (nSPS) is 16.5. The molecule has 4 aromatic rings. The Balaban J connectivity index is 1.57. The minimum absolute atomic E-state index is 0.104. The lowest BCUT2D eigenvalue weighted by Crippen LogP contribution is -2.28. The van der Waals surface area contributed by atoms with E-state index in [-0.39, 0.29) is 5.91 Å². The van der Waals surface area contributed by atoms with Gasteiger partial charge in [0, 0.05) is 54.5 Å². The highest BCUT2D eigenvalue weighted by molar-refractivity contribution is 7.21. The third kappa shape index (κ3) is 3.21. The Morgan fingerprint density at radius 1 is 1.20 bits per heavy atom. The second kappa shape index (κ2) is 7.36. The van der Waals surface area contributed by atoms with Gasteiger partial charge in [0.25, 0.3) is 5.91 Å². The SMILES string of the molecule is Cc1cc(C)c2c(-c3cnn(C)c3)c(C(=O)N3CCC(c4ccccc4)C3)sc2n1. The number of rotatable bonds is 3. The number of fused-ring (bicyclic) bond motifs is 1. The van der Waals surface area contributed by atoms with Gasteiger partial charge in [-0.15, -0.1) is 11.3 Å². The van der Waals surface area contributed by atoms with Crippen LogP contribution in [0.4, 0.5) is 0 Å². The number of carbonyl (C=O) groups is 1. The number of carbonyl (C=O) groups excluding carboxylic acids is 1. The van der Waals surface area contributed by atoms with E-state index < -0.39 is 0 Å². The van der Waals surface area contributed by atoms with E-state index in [0.29, 0.717) is 5.92 Å². The van der Waals surface area contributed by atoms with Crippen LogP contribution < -0.4 is 0 Å². The molecule has 1 saturated heterocycles. The van der Waals surface area contributed by atoms with E-state index in [2.05, 4.69) is 42.4 Å². The van der Waals surface area contributed by atoms with Crippen LogP contribution in [0.2, 0.25) is 0 Å². The molecule has 0 aliphatic carbocycles. The van der Waals surface area contributed by atoms with Gasteiger partial charge in [0.2, 0.25) is 0 Å². The Morgan fingerprint density at radius 3 is 2.73 bits per heavy atom. The molecule has 0 bridgehead atoms. The van der Waals surface area contributed by atoms with Crippen LogP contribution in [0.3, 0.4) is 0 Å². The number of nitrogens with zero attached hydrogens (tertiary/aromatic N) is 4. The maximum absolute atomic E-state index is 13.7. The number of thiophene rings is 1. The Hall–Kier alpha value is -2.99. The van der Waals surface area contributed by atoms with Crippen LogP contribution in [-0.4, -0.2) is 38.7 Å². The lowest BCUT2D eigenvalue weighted by atomic mass is 9.99. The molecule has 1 aliphatic rings. The molecule has 1 unspecified atom stereocenters. The monoisotopic (exact) mass is 416 g/mol. The molecule has 5 nitrogen and oxygen atoms in total. The number of aryl methyl sites for hydroxylation is 3. The van der Waals surface area contributed by atoms with Crippen LogP contribution in [0, 0.1) is 13.8 Å². The van der Waals surface area contributed by atoms with Gasteiger partial charge < -0.3 is 4.90 Å². The summed E-state index contributed by atoms with van der Waals surface area (Å²) in [5.41, 5.74) is 5.38. The molecule has 0 radical (unpaired) electrons. The second-order valence-electron chi connectivity index (χ2n) is 8.12. The average molecular weight is 417 g/mol. The zero-order valence-corrected chi connectivity index (χ0v) is 18.2. The third-order valence-corrected chi connectivity index (χ3v) is 6.99. The number of benzene rings is 1. The molecule has 1 atom stereocenters. The first-order valence-corrected chi connectivity index (χ1v) is 11.1. The Bertz CT molecular complexity index is 1240. The average Bonchev–Trinajstić information content (AvgIpc) is 3.46. The van der Waals surface area contributed by atoms with Gasteiger partial charge in [0.1, 0.15) is 9.71 Å². The fourth-order valence-electron chi connectivity index (χ4n) is 4.50. The van der Waals surface area contributed by atoms with Crippen molar-refractivity contribution in [2.75, 3.05) is 13.1 Å².